The fourth-order valence-electron chi connectivity index (χ4n) is 4.58. The molecule has 2 N–H and O–H groups in total. The van der Waals surface area contributed by atoms with E-state index in [1.807, 2.05) is 40.9 Å². The molecule has 2 saturated carbocycles. The standard InChI is InChI=1S/C27H25ClN6O3/c1-37-27(36)25-31-22(29-12-19-14-34-13-17(15-5-6-15)7-8-24(34)30-19)11-23(32-25)33-26(35)21-10-20(21)16-3-2-4-18(28)9-16/h2-4,7-9,11,13-15,20-21H,5-6,10,12H2,1H3,(H2,29,31,32,33,35)/t20-,21+/m0/s1. The van der Waals surface area contributed by atoms with Crippen molar-refractivity contribution in [2.45, 2.75) is 37.6 Å². The van der Waals surface area contributed by atoms with E-state index in [1.54, 1.807) is 6.07 Å². The first kappa shape index (κ1) is 23.4. The van der Waals surface area contributed by atoms with Gasteiger partial charge in [0.05, 0.1) is 19.3 Å². The molecule has 0 aliphatic heterocycles. The van der Waals surface area contributed by atoms with Gasteiger partial charge >= 0.3 is 5.97 Å². The van der Waals surface area contributed by atoms with Crippen LogP contribution in [-0.2, 0) is 16.1 Å². The number of halogens is 1. The Morgan fingerprint density at radius 1 is 1.05 bits per heavy atom. The molecule has 9 nitrogen and oxygen atoms in total. The molecule has 188 valence electrons. The Kier molecular flexibility index (Phi) is 6.00. The number of rotatable bonds is 8. The minimum atomic E-state index is -0.692. The summed E-state index contributed by atoms with van der Waals surface area (Å²) in [5, 5.41) is 6.66. The highest BCUT2D eigenvalue weighted by Crippen LogP contribution is 2.48. The molecule has 2 aliphatic rings. The topological polar surface area (TPSA) is 111 Å². The minimum Gasteiger partial charge on any atom is -0.463 e. The average molecular weight is 517 g/mol. The molecule has 2 aliphatic carbocycles. The summed E-state index contributed by atoms with van der Waals surface area (Å²) < 4.78 is 6.83. The van der Waals surface area contributed by atoms with Gasteiger partial charge in [0.25, 0.3) is 0 Å². The molecular formula is C27H25ClN6O3. The van der Waals surface area contributed by atoms with Crippen molar-refractivity contribution in [1.82, 2.24) is 19.4 Å². The van der Waals surface area contributed by atoms with Crippen molar-refractivity contribution < 1.29 is 14.3 Å². The van der Waals surface area contributed by atoms with E-state index in [0.717, 1.165) is 23.3 Å². The third-order valence-electron chi connectivity index (χ3n) is 6.77. The van der Waals surface area contributed by atoms with E-state index in [2.05, 4.69) is 37.8 Å². The second kappa shape index (κ2) is 9.48. The number of carbonyl (C=O) groups excluding carboxylic acids is 2. The van der Waals surface area contributed by atoms with Gasteiger partial charge in [-0.2, -0.15) is 0 Å². The predicted molar refractivity (Wildman–Crippen MR) is 139 cm³/mol. The first-order valence-corrected chi connectivity index (χ1v) is 12.6. The summed E-state index contributed by atoms with van der Waals surface area (Å²) in [5.41, 5.74) is 4.05. The van der Waals surface area contributed by atoms with Crippen molar-refractivity contribution in [2.24, 2.45) is 5.92 Å². The van der Waals surface area contributed by atoms with Crippen molar-refractivity contribution in [2.75, 3.05) is 17.7 Å². The molecule has 0 unspecified atom stereocenters. The number of fused-ring (bicyclic) bond motifs is 1. The van der Waals surface area contributed by atoms with Crippen molar-refractivity contribution in [3.63, 3.8) is 0 Å². The zero-order valence-corrected chi connectivity index (χ0v) is 20.9. The van der Waals surface area contributed by atoms with E-state index >= 15 is 0 Å². The van der Waals surface area contributed by atoms with Crippen LogP contribution in [-0.4, -0.2) is 38.3 Å². The second-order valence-corrected chi connectivity index (χ2v) is 9.97. The maximum Gasteiger partial charge on any atom is 0.376 e. The Balaban J connectivity index is 1.16. The number of amides is 1. The van der Waals surface area contributed by atoms with E-state index in [4.69, 9.17) is 16.3 Å². The van der Waals surface area contributed by atoms with Gasteiger partial charge in [-0.05, 0) is 60.4 Å². The number of hydrogen-bond donors (Lipinski definition) is 2. The van der Waals surface area contributed by atoms with Crippen LogP contribution in [0.25, 0.3) is 5.65 Å². The largest absolute Gasteiger partial charge is 0.463 e. The molecule has 0 saturated heterocycles. The number of hydrogen-bond acceptors (Lipinski definition) is 7. The van der Waals surface area contributed by atoms with Gasteiger partial charge in [-0.25, -0.2) is 19.7 Å². The molecule has 2 fully saturated rings. The molecule has 3 heterocycles. The molecule has 37 heavy (non-hydrogen) atoms. The van der Waals surface area contributed by atoms with E-state index in [-0.39, 0.29) is 29.4 Å². The lowest BCUT2D eigenvalue weighted by Gasteiger charge is -2.10. The van der Waals surface area contributed by atoms with Crippen molar-refractivity contribution >= 4 is 40.8 Å². The van der Waals surface area contributed by atoms with Gasteiger partial charge in [0.15, 0.2) is 0 Å². The number of carbonyl (C=O) groups is 2. The van der Waals surface area contributed by atoms with Gasteiger partial charge in [-0.3, -0.25) is 4.79 Å². The van der Waals surface area contributed by atoms with Crippen LogP contribution < -0.4 is 10.6 Å². The molecular weight excluding hydrogens is 492 g/mol. The number of pyridine rings is 1. The maximum absolute atomic E-state index is 12.9. The van der Waals surface area contributed by atoms with Crippen molar-refractivity contribution in [3.05, 3.63) is 82.5 Å². The number of nitrogens with zero attached hydrogens (tertiary/aromatic N) is 4. The van der Waals surface area contributed by atoms with Crippen LogP contribution in [0, 0.1) is 5.92 Å². The van der Waals surface area contributed by atoms with Gasteiger partial charge in [0.2, 0.25) is 11.7 Å². The Morgan fingerprint density at radius 2 is 1.89 bits per heavy atom. The van der Waals surface area contributed by atoms with Gasteiger partial charge in [-0.1, -0.05) is 29.8 Å². The highest BCUT2D eigenvalue weighted by Gasteiger charge is 2.44. The van der Waals surface area contributed by atoms with E-state index in [0.29, 0.717) is 23.3 Å². The van der Waals surface area contributed by atoms with Crippen LogP contribution in [0.3, 0.4) is 0 Å². The molecule has 1 amide bonds. The molecule has 0 bridgehead atoms. The van der Waals surface area contributed by atoms with Crippen LogP contribution in [0.15, 0.2) is 54.9 Å². The average Bonchev–Trinajstić information content (AvgIpc) is 3.83. The SMILES string of the molecule is COC(=O)c1nc(NCc2cn3cc(C4CC4)ccc3n2)cc(NC(=O)[C@@H]2C[C@H]2c2cccc(Cl)c2)n1. The Bertz CT molecular complexity index is 1520. The smallest absolute Gasteiger partial charge is 0.376 e. The molecule has 1 aromatic carbocycles. The molecule has 3 aromatic heterocycles. The molecule has 0 radical (unpaired) electrons. The Hall–Kier alpha value is -3.98. The summed E-state index contributed by atoms with van der Waals surface area (Å²) in [7, 11) is 1.26. The zero-order valence-electron chi connectivity index (χ0n) is 20.1. The van der Waals surface area contributed by atoms with Gasteiger partial charge in [-0.15, -0.1) is 0 Å². The predicted octanol–water partition coefficient (Wildman–Crippen LogP) is 4.80. The lowest BCUT2D eigenvalue weighted by Crippen LogP contribution is -2.18. The zero-order chi connectivity index (χ0) is 25.5. The van der Waals surface area contributed by atoms with Crippen LogP contribution in [0.4, 0.5) is 11.6 Å². The summed E-state index contributed by atoms with van der Waals surface area (Å²) in [5.74, 6) is 0.177. The molecule has 2 atom stereocenters. The third-order valence-corrected chi connectivity index (χ3v) is 7.01. The van der Waals surface area contributed by atoms with E-state index < -0.39 is 5.97 Å². The number of benzene rings is 1. The number of aromatic nitrogens is 4. The fourth-order valence-corrected chi connectivity index (χ4v) is 4.78. The summed E-state index contributed by atoms with van der Waals surface area (Å²) in [6.07, 6.45) is 7.31. The number of imidazole rings is 1. The van der Waals surface area contributed by atoms with Crippen LogP contribution in [0.2, 0.25) is 5.02 Å². The lowest BCUT2D eigenvalue weighted by atomic mass is 10.1. The molecule has 0 spiro atoms. The van der Waals surface area contributed by atoms with Crippen LogP contribution in [0.5, 0.6) is 0 Å². The Morgan fingerprint density at radius 3 is 2.68 bits per heavy atom. The quantitative estimate of drug-likeness (QED) is 0.324. The lowest BCUT2D eigenvalue weighted by molar-refractivity contribution is -0.117. The normalized spacial score (nSPS) is 18.4. The number of esters is 1. The summed E-state index contributed by atoms with van der Waals surface area (Å²) in [6, 6.07) is 13.3. The van der Waals surface area contributed by atoms with Crippen LogP contribution >= 0.6 is 11.6 Å². The number of ether oxygens (including phenoxy) is 1. The second-order valence-electron chi connectivity index (χ2n) is 9.53. The maximum atomic E-state index is 12.9. The van der Waals surface area contributed by atoms with Crippen molar-refractivity contribution in [1.29, 1.82) is 0 Å². The van der Waals surface area contributed by atoms with Gasteiger partial charge < -0.3 is 19.8 Å². The van der Waals surface area contributed by atoms with E-state index in [9.17, 15) is 9.59 Å². The number of nitrogens with one attached hydrogen (secondary N) is 2. The summed E-state index contributed by atoms with van der Waals surface area (Å²) in [6.45, 7) is 0.380. The number of methoxy groups -OCH3 is 1. The fraction of sp³-hybridized carbons (Fsp3) is 0.296. The van der Waals surface area contributed by atoms with Crippen LogP contribution in [0.1, 0.15) is 58.5 Å². The van der Waals surface area contributed by atoms with Crippen molar-refractivity contribution in [3.8, 4) is 0 Å². The Labute approximate surface area is 218 Å². The monoisotopic (exact) mass is 516 g/mol. The first-order valence-electron chi connectivity index (χ1n) is 12.2. The molecule has 6 rings (SSSR count). The highest BCUT2D eigenvalue weighted by atomic mass is 35.5. The number of anilines is 2. The molecule has 4 aromatic rings. The minimum absolute atomic E-state index is 0.105. The summed E-state index contributed by atoms with van der Waals surface area (Å²) in [4.78, 5) is 38.2. The van der Waals surface area contributed by atoms with Gasteiger partial charge in [0.1, 0.15) is 17.3 Å². The third kappa shape index (κ3) is 5.13. The van der Waals surface area contributed by atoms with E-state index in [1.165, 1.54) is 25.5 Å². The first-order chi connectivity index (χ1) is 18.0. The van der Waals surface area contributed by atoms with Gasteiger partial charge in [0, 0.05) is 29.4 Å². The highest BCUT2D eigenvalue weighted by molar-refractivity contribution is 6.30. The summed E-state index contributed by atoms with van der Waals surface area (Å²) >= 11 is 6.10. The molecule has 10 heteroatoms.